The highest BCUT2D eigenvalue weighted by Gasteiger charge is 2.37. The molecule has 0 fully saturated rings. The van der Waals surface area contributed by atoms with Gasteiger partial charge in [0.1, 0.15) is 0 Å². The number of hydrogen-bond donors (Lipinski definition) is 1. The first kappa shape index (κ1) is 17.0. The van der Waals surface area contributed by atoms with Crippen molar-refractivity contribution in [3.05, 3.63) is 58.1 Å². The van der Waals surface area contributed by atoms with Crippen LogP contribution in [0.5, 0.6) is 0 Å². The molecule has 2 aromatic carbocycles. The van der Waals surface area contributed by atoms with Crippen LogP contribution in [0.25, 0.3) is 11.1 Å². The van der Waals surface area contributed by atoms with Crippen molar-refractivity contribution >= 4 is 6.21 Å². The fourth-order valence-electron chi connectivity index (χ4n) is 4.03. The Balaban J connectivity index is 2.28. The molecule has 0 amide bonds. The third kappa shape index (κ3) is 2.70. The summed E-state index contributed by atoms with van der Waals surface area (Å²) in [5, 5.41) is 7.57. The number of fused-ring (bicyclic) bond motifs is 1. The van der Waals surface area contributed by atoms with Crippen molar-refractivity contribution in [3.8, 4) is 11.1 Å². The van der Waals surface area contributed by atoms with Gasteiger partial charge in [-0.3, -0.25) is 0 Å². The fraction of sp³-hybridized carbons (Fsp3) is 0.435. The Kier molecular flexibility index (Phi) is 3.94. The van der Waals surface area contributed by atoms with E-state index in [1.54, 1.807) is 0 Å². The average Bonchev–Trinajstić information content (AvgIpc) is 2.52. The minimum absolute atomic E-state index is 0.223. The standard InChI is InChI=1S/C23H29N/c1-15-7-8-17(14-24)12-18(15)19-13-21-20(11-16(19)2)22(3,4)9-10-23(21,5)6/h7-8,11-14,24H,9-10H2,1-6H3. The molecule has 0 spiro atoms. The first-order chi connectivity index (χ1) is 11.2. The zero-order valence-corrected chi connectivity index (χ0v) is 15.9. The van der Waals surface area contributed by atoms with Gasteiger partial charge in [-0.1, -0.05) is 52.0 Å². The fourth-order valence-corrected chi connectivity index (χ4v) is 4.03. The summed E-state index contributed by atoms with van der Waals surface area (Å²) in [6, 6.07) is 11.2. The van der Waals surface area contributed by atoms with E-state index >= 15 is 0 Å². The summed E-state index contributed by atoms with van der Waals surface area (Å²) in [6.07, 6.45) is 3.91. The molecule has 0 saturated heterocycles. The van der Waals surface area contributed by atoms with Crippen molar-refractivity contribution in [1.29, 1.82) is 5.41 Å². The van der Waals surface area contributed by atoms with E-state index in [9.17, 15) is 0 Å². The van der Waals surface area contributed by atoms with Gasteiger partial charge in [-0.05, 0) is 82.5 Å². The largest absolute Gasteiger partial charge is 0.308 e. The van der Waals surface area contributed by atoms with Gasteiger partial charge >= 0.3 is 0 Å². The molecule has 24 heavy (non-hydrogen) atoms. The highest BCUT2D eigenvalue weighted by Crippen LogP contribution is 2.47. The van der Waals surface area contributed by atoms with Gasteiger partial charge in [-0.25, -0.2) is 0 Å². The molecule has 0 aliphatic heterocycles. The smallest absolute Gasteiger partial charge is 0.0250 e. The Bertz CT molecular complexity index is 809. The minimum atomic E-state index is 0.223. The van der Waals surface area contributed by atoms with Crippen LogP contribution >= 0.6 is 0 Å². The predicted octanol–water partition coefficient (Wildman–Crippen LogP) is 6.32. The van der Waals surface area contributed by atoms with Gasteiger partial charge in [0.25, 0.3) is 0 Å². The molecule has 1 aliphatic carbocycles. The zero-order valence-electron chi connectivity index (χ0n) is 15.9. The maximum absolute atomic E-state index is 7.57. The van der Waals surface area contributed by atoms with Gasteiger partial charge in [0.15, 0.2) is 0 Å². The molecule has 0 aromatic heterocycles. The van der Waals surface area contributed by atoms with Crippen LogP contribution in [0.3, 0.4) is 0 Å². The van der Waals surface area contributed by atoms with Gasteiger partial charge < -0.3 is 5.41 Å². The summed E-state index contributed by atoms with van der Waals surface area (Å²) < 4.78 is 0. The number of aryl methyl sites for hydroxylation is 2. The van der Waals surface area contributed by atoms with Gasteiger partial charge in [0.2, 0.25) is 0 Å². The van der Waals surface area contributed by atoms with E-state index in [-0.39, 0.29) is 10.8 Å². The second-order valence-electron chi connectivity index (χ2n) is 8.70. The van der Waals surface area contributed by atoms with Crippen LogP contribution in [0.2, 0.25) is 0 Å². The van der Waals surface area contributed by atoms with Crippen molar-refractivity contribution in [1.82, 2.24) is 0 Å². The van der Waals surface area contributed by atoms with E-state index in [0.29, 0.717) is 0 Å². The van der Waals surface area contributed by atoms with Crippen LogP contribution in [0.1, 0.15) is 68.4 Å². The quantitative estimate of drug-likeness (QED) is 0.626. The Hall–Kier alpha value is -1.89. The lowest BCUT2D eigenvalue weighted by atomic mass is 9.62. The van der Waals surface area contributed by atoms with E-state index in [0.717, 1.165) is 5.56 Å². The predicted molar refractivity (Wildman–Crippen MR) is 105 cm³/mol. The molecule has 0 radical (unpaired) electrons. The lowest BCUT2D eigenvalue weighted by Gasteiger charge is -2.42. The summed E-state index contributed by atoms with van der Waals surface area (Å²) in [7, 11) is 0. The first-order valence-corrected chi connectivity index (χ1v) is 8.93. The summed E-state index contributed by atoms with van der Waals surface area (Å²) >= 11 is 0. The number of hydrogen-bond acceptors (Lipinski definition) is 1. The van der Waals surface area contributed by atoms with E-state index < -0.39 is 0 Å². The molecule has 0 saturated carbocycles. The van der Waals surface area contributed by atoms with E-state index in [2.05, 4.69) is 65.8 Å². The molecule has 1 heteroatoms. The van der Waals surface area contributed by atoms with Crippen molar-refractivity contribution < 1.29 is 0 Å². The van der Waals surface area contributed by atoms with Gasteiger partial charge in [-0.15, -0.1) is 0 Å². The Morgan fingerprint density at radius 2 is 1.33 bits per heavy atom. The molecule has 0 bridgehead atoms. The van der Waals surface area contributed by atoms with Crippen LogP contribution in [-0.4, -0.2) is 6.21 Å². The van der Waals surface area contributed by atoms with E-state index in [1.807, 2.05) is 6.07 Å². The van der Waals surface area contributed by atoms with E-state index in [4.69, 9.17) is 5.41 Å². The molecule has 126 valence electrons. The Labute approximate surface area is 146 Å². The number of benzene rings is 2. The van der Waals surface area contributed by atoms with Crippen molar-refractivity contribution in [3.63, 3.8) is 0 Å². The van der Waals surface area contributed by atoms with Crippen molar-refractivity contribution in [2.24, 2.45) is 0 Å². The maximum Gasteiger partial charge on any atom is 0.0250 e. The highest BCUT2D eigenvalue weighted by atomic mass is 14.4. The van der Waals surface area contributed by atoms with Gasteiger partial charge in [-0.2, -0.15) is 0 Å². The van der Waals surface area contributed by atoms with Crippen molar-refractivity contribution in [2.45, 2.75) is 65.2 Å². The van der Waals surface area contributed by atoms with Crippen LogP contribution in [0.4, 0.5) is 0 Å². The van der Waals surface area contributed by atoms with Gasteiger partial charge in [0.05, 0.1) is 0 Å². The molecule has 0 unspecified atom stereocenters. The van der Waals surface area contributed by atoms with Crippen LogP contribution in [0.15, 0.2) is 30.3 Å². The minimum Gasteiger partial charge on any atom is -0.308 e. The molecule has 1 nitrogen and oxygen atoms in total. The van der Waals surface area contributed by atoms with Crippen LogP contribution in [0, 0.1) is 19.3 Å². The Morgan fingerprint density at radius 3 is 1.92 bits per heavy atom. The SMILES string of the molecule is Cc1ccc(C=N)cc1-c1cc2c(cc1C)C(C)(C)CCC2(C)C. The third-order valence-electron chi connectivity index (χ3n) is 5.92. The summed E-state index contributed by atoms with van der Waals surface area (Å²) in [6.45, 7) is 13.9. The molecule has 1 N–H and O–H groups in total. The lowest BCUT2D eigenvalue weighted by Crippen LogP contribution is -2.34. The van der Waals surface area contributed by atoms with Crippen LogP contribution < -0.4 is 0 Å². The molecule has 3 rings (SSSR count). The molecular weight excluding hydrogens is 290 g/mol. The highest BCUT2D eigenvalue weighted by molar-refractivity contribution is 5.82. The second kappa shape index (κ2) is 5.58. The first-order valence-electron chi connectivity index (χ1n) is 8.93. The molecule has 1 aliphatic rings. The summed E-state index contributed by atoms with van der Waals surface area (Å²) in [5.41, 5.74) is 9.64. The van der Waals surface area contributed by atoms with Crippen LogP contribution in [-0.2, 0) is 10.8 Å². The topological polar surface area (TPSA) is 23.9 Å². The summed E-state index contributed by atoms with van der Waals surface area (Å²) in [4.78, 5) is 0. The van der Waals surface area contributed by atoms with Crippen molar-refractivity contribution in [2.75, 3.05) is 0 Å². The molecular formula is C23H29N. The van der Waals surface area contributed by atoms with E-state index in [1.165, 1.54) is 52.4 Å². The monoisotopic (exact) mass is 319 g/mol. The molecule has 0 heterocycles. The zero-order chi connectivity index (χ0) is 17.7. The molecule has 2 aromatic rings. The van der Waals surface area contributed by atoms with Gasteiger partial charge in [0, 0.05) is 6.21 Å². The number of rotatable bonds is 2. The number of nitrogens with one attached hydrogen (secondary N) is 1. The normalized spacial score (nSPS) is 18.1. The second-order valence-corrected chi connectivity index (χ2v) is 8.70. The lowest BCUT2D eigenvalue weighted by molar-refractivity contribution is 0.332. The maximum atomic E-state index is 7.57. The summed E-state index contributed by atoms with van der Waals surface area (Å²) in [5.74, 6) is 0. The Morgan fingerprint density at radius 1 is 0.792 bits per heavy atom. The third-order valence-corrected chi connectivity index (χ3v) is 5.92. The molecule has 0 atom stereocenters. The average molecular weight is 319 g/mol.